The first-order valence-corrected chi connectivity index (χ1v) is 10.1. The standard InChI is InChI=1S/C16H24N4O2S/c1-19(23(21,22)14-4-5-14)13-6-8-20(9-7-13)16-10-15(12-2-3-12)17-11-18-16/h10-14H,2-9H2,1H3. The Morgan fingerprint density at radius 1 is 1.09 bits per heavy atom. The van der Waals surface area contributed by atoms with Crippen molar-refractivity contribution in [3.63, 3.8) is 0 Å². The summed E-state index contributed by atoms with van der Waals surface area (Å²) in [6.45, 7) is 1.71. The van der Waals surface area contributed by atoms with Crippen molar-refractivity contribution in [3.8, 4) is 0 Å². The van der Waals surface area contributed by atoms with Crippen LogP contribution in [-0.2, 0) is 10.0 Å². The zero-order valence-corrected chi connectivity index (χ0v) is 14.4. The average Bonchev–Trinajstić information content (AvgIpc) is 3.45. The summed E-state index contributed by atoms with van der Waals surface area (Å²) >= 11 is 0. The van der Waals surface area contributed by atoms with Gasteiger partial charge in [0.05, 0.1) is 5.25 Å². The second kappa shape index (κ2) is 5.70. The van der Waals surface area contributed by atoms with Gasteiger partial charge in [0.1, 0.15) is 12.1 Å². The van der Waals surface area contributed by atoms with E-state index in [0.29, 0.717) is 5.92 Å². The number of anilines is 1. The first-order chi connectivity index (χ1) is 11.1. The van der Waals surface area contributed by atoms with E-state index in [1.807, 2.05) is 0 Å². The van der Waals surface area contributed by atoms with Crippen LogP contribution in [0.15, 0.2) is 12.4 Å². The summed E-state index contributed by atoms with van der Waals surface area (Å²) in [6.07, 6.45) is 7.53. The molecule has 1 saturated heterocycles. The molecule has 0 spiro atoms. The van der Waals surface area contributed by atoms with Gasteiger partial charge in [-0.15, -0.1) is 0 Å². The molecule has 0 atom stereocenters. The minimum absolute atomic E-state index is 0.117. The molecule has 0 radical (unpaired) electrons. The van der Waals surface area contributed by atoms with E-state index in [0.717, 1.165) is 50.3 Å². The Bertz CT molecular complexity index is 677. The molecule has 23 heavy (non-hydrogen) atoms. The van der Waals surface area contributed by atoms with E-state index < -0.39 is 10.0 Å². The van der Waals surface area contributed by atoms with Gasteiger partial charge in [-0.05, 0) is 38.5 Å². The summed E-state index contributed by atoms with van der Waals surface area (Å²) in [5, 5.41) is -0.117. The van der Waals surface area contributed by atoms with Crippen molar-refractivity contribution < 1.29 is 8.42 Å². The van der Waals surface area contributed by atoms with Crippen LogP contribution in [0.1, 0.15) is 50.1 Å². The predicted octanol–water partition coefficient (Wildman–Crippen LogP) is 1.75. The third-order valence-corrected chi connectivity index (χ3v) is 7.73. The van der Waals surface area contributed by atoms with E-state index in [1.54, 1.807) is 17.7 Å². The molecular weight excluding hydrogens is 312 g/mol. The Balaban J connectivity index is 1.40. The lowest BCUT2D eigenvalue weighted by Gasteiger charge is -2.36. The number of sulfonamides is 1. The number of rotatable bonds is 5. The maximum Gasteiger partial charge on any atom is 0.216 e. The number of aromatic nitrogens is 2. The third-order valence-electron chi connectivity index (χ3n) is 5.32. The Kier molecular flexibility index (Phi) is 3.80. The molecule has 1 aromatic heterocycles. The Morgan fingerprint density at radius 2 is 1.78 bits per heavy atom. The van der Waals surface area contributed by atoms with Crippen molar-refractivity contribution in [2.45, 2.75) is 55.7 Å². The van der Waals surface area contributed by atoms with Gasteiger partial charge in [0.25, 0.3) is 0 Å². The van der Waals surface area contributed by atoms with E-state index >= 15 is 0 Å². The van der Waals surface area contributed by atoms with Crippen LogP contribution in [0.25, 0.3) is 0 Å². The number of hydrogen-bond acceptors (Lipinski definition) is 5. The van der Waals surface area contributed by atoms with Crippen LogP contribution in [0.4, 0.5) is 5.82 Å². The van der Waals surface area contributed by atoms with Gasteiger partial charge in [0, 0.05) is 43.9 Å². The molecule has 2 saturated carbocycles. The van der Waals surface area contributed by atoms with Crippen LogP contribution in [0.5, 0.6) is 0 Å². The Hall–Kier alpha value is -1.21. The lowest BCUT2D eigenvalue weighted by atomic mass is 10.1. The van der Waals surface area contributed by atoms with Gasteiger partial charge < -0.3 is 4.90 Å². The highest BCUT2D eigenvalue weighted by atomic mass is 32.2. The zero-order valence-electron chi connectivity index (χ0n) is 13.6. The average molecular weight is 336 g/mol. The summed E-state index contributed by atoms with van der Waals surface area (Å²) in [7, 11) is -1.31. The maximum absolute atomic E-state index is 12.4. The first-order valence-electron chi connectivity index (χ1n) is 8.59. The molecule has 1 aromatic rings. The number of piperidine rings is 1. The molecule has 0 amide bonds. The van der Waals surface area contributed by atoms with Crippen molar-refractivity contribution >= 4 is 15.8 Å². The summed E-state index contributed by atoms with van der Waals surface area (Å²) in [4.78, 5) is 11.1. The van der Waals surface area contributed by atoms with Gasteiger partial charge in [0.15, 0.2) is 0 Å². The summed E-state index contributed by atoms with van der Waals surface area (Å²) < 4.78 is 26.4. The van der Waals surface area contributed by atoms with E-state index in [1.165, 1.54) is 12.8 Å². The van der Waals surface area contributed by atoms with Crippen molar-refractivity contribution in [1.82, 2.24) is 14.3 Å². The smallest absolute Gasteiger partial charge is 0.216 e. The minimum Gasteiger partial charge on any atom is -0.356 e. The van der Waals surface area contributed by atoms with Crippen LogP contribution in [0, 0.1) is 0 Å². The molecule has 3 aliphatic rings. The van der Waals surface area contributed by atoms with Gasteiger partial charge >= 0.3 is 0 Å². The van der Waals surface area contributed by atoms with Gasteiger partial charge in [-0.25, -0.2) is 22.7 Å². The molecule has 0 bridgehead atoms. The fraction of sp³-hybridized carbons (Fsp3) is 0.750. The lowest BCUT2D eigenvalue weighted by molar-refractivity contribution is 0.311. The minimum atomic E-state index is -3.07. The Labute approximate surface area is 138 Å². The van der Waals surface area contributed by atoms with Crippen LogP contribution < -0.4 is 4.90 Å². The van der Waals surface area contributed by atoms with Gasteiger partial charge in [-0.3, -0.25) is 0 Å². The molecular formula is C16H24N4O2S. The van der Waals surface area contributed by atoms with E-state index in [4.69, 9.17) is 0 Å². The highest BCUT2D eigenvalue weighted by Gasteiger charge is 2.41. The highest BCUT2D eigenvalue weighted by Crippen LogP contribution is 2.39. The van der Waals surface area contributed by atoms with E-state index in [9.17, 15) is 8.42 Å². The first kappa shape index (κ1) is 15.3. The van der Waals surface area contributed by atoms with Crippen LogP contribution in [-0.4, -0.2) is 54.1 Å². The molecule has 126 valence electrons. The summed E-state index contributed by atoms with van der Waals surface area (Å²) in [5.41, 5.74) is 1.16. The fourth-order valence-electron chi connectivity index (χ4n) is 3.40. The Morgan fingerprint density at radius 3 is 2.39 bits per heavy atom. The monoisotopic (exact) mass is 336 g/mol. The van der Waals surface area contributed by atoms with Gasteiger partial charge in [0.2, 0.25) is 10.0 Å². The topological polar surface area (TPSA) is 66.4 Å². The largest absolute Gasteiger partial charge is 0.356 e. The molecule has 2 aliphatic carbocycles. The van der Waals surface area contributed by atoms with Crippen LogP contribution in [0.2, 0.25) is 0 Å². The molecule has 1 aliphatic heterocycles. The SMILES string of the molecule is CN(C1CCN(c2cc(C3CC3)ncn2)CC1)S(=O)(=O)C1CC1. The molecule has 2 heterocycles. The second-order valence-corrected chi connectivity index (χ2v) is 9.33. The van der Waals surface area contributed by atoms with Crippen LogP contribution >= 0.6 is 0 Å². The zero-order chi connectivity index (χ0) is 16.0. The molecule has 0 unspecified atom stereocenters. The molecule has 0 aromatic carbocycles. The van der Waals surface area contributed by atoms with Gasteiger partial charge in [-0.1, -0.05) is 0 Å². The maximum atomic E-state index is 12.4. The quantitative estimate of drug-likeness (QED) is 0.819. The third kappa shape index (κ3) is 3.08. The van der Waals surface area contributed by atoms with Gasteiger partial charge in [-0.2, -0.15) is 0 Å². The molecule has 0 N–H and O–H groups in total. The normalized spacial score (nSPS) is 23.5. The lowest BCUT2D eigenvalue weighted by Crippen LogP contribution is -2.46. The van der Waals surface area contributed by atoms with Crippen LogP contribution in [0.3, 0.4) is 0 Å². The highest BCUT2D eigenvalue weighted by molar-refractivity contribution is 7.90. The van der Waals surface area contributed by atoms with E-state index in [-0.39, 0.29) is 11.3 Å². The van der Waals surface area contributed by atoms with Crippen molar-refractivity contribution in [3.05, 3.63) is 18.1 Å². The summed E-state index contributed by atoms with van der Waals surface area (Å²) in [5.74, 6) is 1.62. The molecule has 6 nitrogen and oxygen atoms in total. The van der Waals surface area contributed by atoms with Crippen molar-refractivity contribution in [2.75, 3.05) is 25.0 Å². The van der Waals surface area contributed by atoms with Crippen molar-refractivity contribution in [1.29, 1.82) is 0 Å². The second-order valence-electron chi connectivity index (χ2n) is 7.05. The number of hydrogen-bond donors (Lipinski definition) is 0. The van der Waals surface area contributed by atoms with E-state index in [2.05, 4.69) is 20.9 Å². The predicted molar refractivity (Wildman–Crippen MR) is 88.9 cm³/mol. The fourth-order valence-corrected chi connectivity index (χ4v) is 5.23. The number of nitrogens with zero attached hydrogens (tertiary/aromatic N) is 4. The molecule has 7 heteroatoms. The summed E-state index contributed by atoms with van der Waals surface area (Å²) in [6, 6.07) is 2.24. The molecule has 3 fully saturated rings. The molecule has 4 rings (SSSR count). The van der Waals surface area contributed by atoms with Crippen molar-refractivity contribution in [2.24, 2.45) is 0 Å².